The summed E-state index contributed by atoms with van der Waals surface area (Å²) in [5.41, 5.74) is 1.68. The zero-order valence-electron chi connectivity index (χ0n) is 10.7. The number of rotatable bonds is 3. The van der Waals surface area contributed by atoms with Crippen LogP contribution in [0.15, 0.2) is 66.5 Å². The van der Waals surface area contributed by atoms with Gasteiger partial charge in [-0.3, -0.25) is 4.79 Å². The van der Waals surface area contributed by atoms with E-state index in [0.29, 0.717) is 0 Å². The first kappa shape index (κ1) is 13.3. The molecule has 1 aromatic rings. The SMILES string of the molecule is CC(=O)OC=C1C=CC(C(O)c2ccccc2)C=C1. The Morgan fingerprint density at radius 3 is 2.47 bits per heavy atom. The minimum atomic E-state index is -0.566. The number of aliphatic hydroxyl groups excluding tert-OH is 1. The molecule has 0 heterocycles. The lowest BCUT2D eigenvalue weighted by Gasteiger charge is -2.19. The molecular formula is C16H16O3. The molecule has 1 aliphatic rings. The smallest absolute Gasteiger partial charge is 0.307 e. The van der Waals surface area contributed by atoms with E-state index in [1.807, 2.05) is 54.6 Å². The average molecular weight is 256 g/mol. The van der Waals surface area contributed by atoms with Gasteiger partial charge in [-0.25, -0.2) is 0 Å². The van der Waals surface area contributed by atoms with Crippen LogP contribution in [0.1, 0.15) is 18.6 Å². The van der Waals surface area contributed by atoms with Gasteiger partial charge in [-0.15, -0.1) is 0 Å². The molecule has 0 fully saturated rings. The van der Waals surface area contributed by atoms with Crippen molar-refractivity contribution in [2.24, 2.45) is 5.92 Å². The molecule has 0 bridgehead atoms. The summed E-state index contributed by atoms with van der Waals surface area (Å²) in [5, 5.41) is 10.2. The summed E-state index contributed by atoms with van der Waals surface area (Å²) in [6, 6.07) is 9.53. The van der Waals surface area contributed by atoms with Gasteiger partial charge in [0.15, 0.2) is 0 Å². The average Bonchev–Trinajstić information content (AvgIpc) is 2.46. The van der Waals surface area contributed by atoms with E-state index in [9.17, 15) is 9.90 Å². The number of esters is 1. The first-order chi connectivity index (χ1) is 9.16. The number of carbonyl (C=O) groups is 1. The molecule has 0 aromatic heterocycles. The molecule has 98 valence electrons. The molecule has 0 radical (unpaired) electrons. The monoisotopic (exact) mass is 256 g/mol. The Kier molecular flexibility index (Phi) is 4.31. The van der Waals surface area contributed by atoms with E-state index in [2.05, 4.69) is 0 Å². The number of hydrogen-bond donors (Lipinski definition) is 1. The van der Waals surface area contributed by atoms with Crippen LogP contribution in [0.25, 0.3) is 0 Å². The van der Waals surface area contributed by atoms with Gasteiger partial charge in [0.1, 0.15) is 6.26 Å². The van der Waals surface area contributed by atoms with Gasteiger partial charge in [0.2, 0.25) is 0 Å². The van der Waals surface area contributed by atoms with Crippen molar-refractivity contribution in [1.29, 1.82) is 0 Å². The van der Waals surface area contributed by atoms with Crippen LogP contribution in [-0.2, 0) is 9.53 Å². The third-order valence-corrected chi connectivity index (χ3v) is 2.89. The van der Waals surface area contributed by atoms with Crippen LogP contribution >= 0.6 is 0 Å². The highest BCUT2D eigenvalue weighted by molar-refractivity contribution is 5.66. The standard InChI is InChI=1S/C16H16O3/c1-12(17)19-11-13-7-9-15(10-8-13)16(18)14-5-3-2-4-6-14/h2-11,15-16,18H,1H3. The lowest BCUT2D eigenvalue weighted by Crippen LogP contribution is -2.09. The van der Waals surface area contributed by atoms with Crippen molar-refractivity contribution in [3.8, 4) is 0 Å². The molecule has 0 spiro atoms. The second-order valence-corrected chi connectivity index (χ2v) is 4.38. The molecular weight excluding hydrogens is 240 g/mol. The Morgan fingerprint density at radius 2 is 1.89 bits per heavy atom. The van der Waals surface area contributed by atoms with Crippen LogP contribution in [0, 0.1) is 5.92 Å². The van der Waals surface area contributed by atoms with Gasteiger partial charge < -0.3 is 9.84 Å². The summed E-state index contributed by atoms with van der Waals surface area (Å²) in [4.78, 5) is 10.7. The number of hydrogen-bond acceptors (Lipinski definition) is 3. The largest absolute Gasteiger partial charge is 0.434 e. The summed E-state index contributed by atoms with van der Waals surface area (Å²) in [5.74, 6) is -0.419. The summed E-state index contributed by atoms with van der Waals surface area (Å²) < 4.78 is 4.80. The Bertz CT molecular complexity index is 510. The molecule has 1 N–H and O–H groups in total. The highest BCUT2D eigenvalue weighted by atomic mass is 16.5. The van der Waals surface area contributed by atoms with Crippen LogP contribution < -0.4 is 0 Å². The molecule has 1 atom stereocenters. The normalized spacial score (nSPS) is 19.1. The molecule has 1 aliphatic carbocycles. The summed E-state index contributed by atoms with van der Waals surface area (Å²) in [6.45, 7) is 1.36. The fourth-order valence-electron chi connectivity index (χ4n) is 1.88. The lowest BCUT2D eigenvalue weighted by atomic mass is 9.91. The van der Waals surface area contributed by atoms with Gasteiger partial charge >= 0.3 is 5.97 Å². The van der Waals surface area contributed by atoms with Gasteiger partial charge in [0, 0.05) is 18.4 Å². The van der Waals surface area contributed by atoms with E-state index in [1.54, 1.807) is 0 Å². The molecule has 0 saturated heterocycles. The first-order valence-electron chi connectivity index (χ1n) is 6.13. The fraction of sp³-hybridized carbons (Fsp3) is 0.188. The van der Waals surface area contributed by atoms with Gasteiger partial charge in [0.25, 0.3) is 0 Å². The van der Waals surface area contributed by atoms with E-state index in [4.69, 9.17) is 4.74 Å². The zero-order chi connectivity index (χ0) is 13.7. The van der Waals surface area contributed by atoms with Crippen molar-refractivity contribution in [2.75, 3.05) is 0 Å². The number of aliphatic hydroxyl groups is 1. The number of ether oxygens (including phenoxy) is 1. The topological polar surface area (TPSA) is 46.5 Å². The first-order valence-corrected chi connectivity index (χ1v) is 6.13. The van der Waals surface area contributed by atoms with Crippen molar-refractivity contribution < 1.29 is 14.6 Å². The Balaban J connectivity index is 2.03. The molecule has 1 unspecified atom stereocenters. The van der Waals surface area contributed by atoms with Crippen molar-refractivity contribution in [3.05, 3.63) is 72.0 Å². The van der Waals surface area contributed by atoms with Crippen LogP contribution in [0.2, 0.25) is 0 Å². The molecule has 0 amide bonds. The van der Waals surface area contributed by atoms with E-state index in [-0.39, 0.29) is 11.9 Å². The van der Waals surface area contributed by atoms with Crippen molar-refractivity contribution >= 4 is 5.97 Å². The van der Waals surface area contributed by atoms with E-state index in [0.717, 1.165) is 11.1 Å². The number of allylic oxidation sites excluding steroid dienone is 3. The highest BCUT2D eigenvalue weighted by Crippen LogP contribution is 2.27. The third-order valence-electron chi connectivity index (χ3n) is 2.89. The van der Waals surface area contributed by atoms with E-state index in [1.165, 1.54) is 13.2 Å². The zero-order valence-corrected chi connectivity index (χ0v) is 10.7. The molecule has 19 heavy (non-hydrogen) atoms. The quantitative estimate of drug-likeness (QED) is 0.668. The molecule has 2 rings (SSSR count). The van der Waals surface area contributed by atoms with Gasteiger partial charge in [-0.2, -0.15) is 0 Å². The second-order valence-electron chi connectivity index (χ2n) is 4.38. The maximum absolute atomic E-state index is 10.7. The fourth-order valence-corrected chi connectivity index (χ4v) is 1.88. The third kappa shape index (κ3) is 3.66. The Hall–Kier alpha value is -2.13. The second kappa shape index (κ2) is 6.16. The van der Waals surface area contributed by atoms with Gasteiger partial charge in [-0.05, 0) is 5.56 Å². The highest BCUT2D eigenvalue weighted by Gasteiger charge is 2.17. The summed E-state index contributed by atoms with van der Waals surface area (Å²) >= 11 is 0. The van der Waals surface area contributed by atoms with E-state index < -0.39 is 6.10 Å². The molecule has 0 saturated carbocycles. The van der Waals surface area contributed by atoms with Crippen molar-refractivity contribution in [3.63, 3.8) is 0 Å². The minimum Gasteiger partial charge on any atom is -0.434 e. The number of carbonyl (C=O) groups excluding carboxylic acids is 1. The van der Waals surface area contributed by atoms with Crippen LogP contribution in [0.4, 0.5) is 0 Å². The molecule has 1 aromatic carbocycles. The number of benzene rings is 1. The predicted molar refractivity (Wildman–Crippen MR) is 73.0 cm³/mol. The van der Waals surface area contributed by atoms with Crippen molar-refractivity contribution in [2.45, 2.75) is 13.0 Å². The molecule has 0 aliphatic heterocycles. The molecule has 3 nitrogen and oxygen atoms in total. The van der Waals surface area contributed by atoms with Crippen LogP contribution in [-0.4, -0.2) is 11.1 Å². The maximum Gasteiger partial charge on any atom is 0.307 e. The predicted octanol–water partition coefficient (Wildman–Crippen LogP) is 2.91. The van der Waals surface area contributed by atoms with Crippen molar-refractivity contribution in [1.82, 2.24) is 0 Å². The van der Waals surface area contributed by atoms with Gasteiger partial charge in [-0.1, -0.05) is 54.6 Å². The Labute approximate surface area is 112 Å². The van der Waals surface area contributed by atoms with E-state index >= 15 is 0 Å². The Morgan fingerprint density at radius 1 is 1.26 bits per heavy atom. The summed E-state index contributed by atoms with van der Waals surface area (Å²) in [7, 11) is 0. The van der Waals surface area contributed by atoms with Crippen LogP contribution in [0.5, 0.6) is 0 Å². The maximum atomic E-state index is 10.7. The minimum absolute atomic E-state index is 0.0723. The summed E-state index contributed by atoms with van der Waals surface area (Å²) in [6.07, 6.45) is 8.30. The van der Waals surface area contributed by atoms with Crippen LogP contribution in [0.3, 0.4) is 0 Å². The lowest BCUT2D eigenvalue weighted by molar-refractivity contribution is -0.135. The van der Waals surface area contributed by atoms with Gasteiger partial charge in [0.05, 0.1) is 6.10 Å². The molecule has 3 heteroatoms.